The van der Waals surface area contributed by atoms with Crippen LogP contribution in [0.3, 0.4) is 0 Å². The smallest absolute Gasteiger partial charge is 0.407 e. The molecule has 7 heteroatoms. The Kier molecular flexibility index (Phi) is 5.21. The SMILES string of the molecule is CC(C)N1CCN(C(=O)O)CCN(C(=O)O)CC1. The van der Waals surface area contributed by atoms with Crippen molar-refractivity contribution in [3.05, 3.63) is 0 Å². The van der Waals surface area contributed by atoms with Crippen molar-refractivity contribution in [2.45, 2.75) is 19.9 Å². The minimum Gasteiger partial charge on any atom is -0.465 e. The second-order valence-electron chi connectivity index (χ2n) is 4.67. The van der Waals surface area contributed by atoms with Crippen molar-refractivity contribution < 1.29 is 19.8 Å². The summed E-state index contributed by atoms with van der Waals surface area (Å²) < 4.78 is 0. The summed E-state index contributed by atoms with van der Waals surface area (Å²) in [6.07, 6.45) is -1.99. The lowest BCUT2D eigenvalue weighted by Crippen LogP contribution is -2.41. The van der Waals surface area contributed by atoms with Gasteiger partial charge in [-0.05, 0) is 13.8 Å². The monoisotopic (exact) mass is 259 g/mol. The molecule has 0 unspecified atom stereocenters. The molecule has 0 atom stereocenters. The Morgan fingerprint density at radius 2 is 1.17 bits per heavy atom. The summed E-state index contributed by atoms with van der Waals surface area (Å²) in [5.41, 5.74) is 0. The molecular formula is C11H21N3O4. The molecule has 0 spiro atoms. The Labute approximate surface area is 107 Å². The van der Waals surface area contributed by atoms with E-state index in [1.54, 1.807) is 0 Å². The second-order valence-corrected chi connectivity index (χ2v) is 4.67. The highest BCUT2D eigenvalue weighted by molar-refractivity contribution is 5.66. The average Bonchev–Trinajstić information content (AvgIpc) is 2.37. The van der Waals surface area contributed by atoms with Gasteiger partial charge >= 0.3 is 12.2 Å². The molecule has 0 aliphatic carbocycles. The number of carboxylic acid groups (broad SMARTS) is 2. The molecule has 0 radical (unpaired) electrons. The maximum Gasteiger partial charge on any atom is 0.407 e. The maximum atomic E-state index is 11.0. The van der Waals surface area contributed by atoms with Gasteiger partial charge in [-0.15, -0.1) is 0 Å². The Morgan fingerprint density at radius 3 is 1.44 bits per heavy atom. The first-order chi connectivity index (χ1) is 8.41. The van der Waals surface area contributed by atoms with E-state index < -0.39 is 12.2 Å². The Morgan fingerprint density at radius 1 is 0.833 bits per heavy atom. The lowest BCUT2D eigenvalue weighted by molar-refractivity contribution is 0.127. The van der Waals surface area contributed by atoms with E-state index in [1.807, 2.05) is 13.8 Å². The highest BCUT2D eigenvalue weighted by Crippen LogP contribution is 2.04. The van der Waals surface area contributed by atoms with Gasteiger partial charge in [0, 0.05) is 45.3 Å². The van der Waals surface area contributed by atoms with Gasteiger partial charge in [-0.25, -0.2) is 9.59 Å². The van der Waals surface area contributed by atoms with E-state index in [9.17, 15) is 9.59 Å². The zero-order valence-corrected chi connectivity index (χ0v) is 10.9. The van der Waals surface area contributed by atoms with Gasteiger partial charge in [-0.1, -0.05) is 0 Å². The summed E-state index contributed by atoms with van der Waals surface area (Å²) in [7, 11) is 0. The lowest BCUT2D eigenvalue weighted by atomic mass is 10.3. The molecule has 7 nitrogen and oxygen atoms in total. The molecule has 1 aliphatic heterocycles. The molecule has 1 heterocycles. The van der Waals surface area contributed by atoms with E-state index in [4.69, 9.17) is 10.2 Å². The fraction of sp³-hybridized carbons (Fsp3) is 0.818. The number of carbonyl (C=O) groups is 2. The summed E-state index contributed by atoms with van der Waals surface area (Å²) in [4.78, 5) is 26.7. The predicted octanol–water partition coefficient (Wildman–Crippen LogP) is 0.670. The molecule has 0 saturated carbocycles. The van der Waals surface area contributed by atoms with E-state index >= 15 is 0 Å². The third kappa shape index (κ3) is 4.06. The van der Waals surface area contributed by atoms with Crippen LogP contribution >= 0.6 is 0 Å². The standard InChI is InChI=1S/C11H21N3O4/c1-9(2)12-3-5-13(10(15)16)7-8-14(6-4-12)11(17)18/h9H,3-8H2,1-2H3,(H,15,16)(H,17,18). The minimum atomic E-state index is -0.994. The molecule has 2 N–H and O–H groups in total. The topological polar surface area (TPSA) is 84.3 Å². The first kappa shape index (κ1) is 14.6. The fourth-order valence-corrected chi connectivity index (χ4v) is 1.97. The fourth-order valence-electron chi connectivity index (χ4n) is 1.97. The average molecular weight is 259 g/mol. The largest absolute Gasteiger partial charge is 0.465 e. The lowest BCUT2D eigenvalue weighted by Gasteiger charge is -2.27. The van der Waals surface area contributed by atoms with Crippen LogP contribution in [0.15, 0.2) is 0 Å². The van der Waals surface area contributed by atoms with Gasteiger partial charge in [0.05, 0.1) is 0 Å². The van der Waals surface area contributed by atoms with Crippen LogP contribution in [0.1, 0.15) is 13.8 Å². The third-order valence-corrected chi connectivity index (χ3v) is 3.23. The molecule has 1 saturated heterocycles. The molecule has 104 valence electrons. The maximum absolute atomic E-state index is 11.0. The normalized spacial score (nSPS) is 19.3. The van der Waals surface area contributed by atoms with E-state index in [1.165, 1.54) is 9.80 Å². The van der Waals surface area contributed by atoms with Crippen LogP contribution in [0.25, 0.3) is 0 Å². The summed E-state index contributed by atoms with van der Waals surface area (Å²) in [6.45, 7) is 6.61. The molecule has 0 bridgehead atoms. The van der Waals surface area contributed by atoms with Crippen LogP contribution in [-0.2, 0) is 0 Å². The molecule has 0 aromatic carbocycles. The van der Waals surface area contributed by atoms with Crippen molar-refractivity contribution in [2.24, 2.45) is 0 Å². The van der Waals surface area contributed by atoms with Crippen molar-refractivity contribution in [1.82, 2.24) is 14.7 Å². The predicted molar refractivity (Wildman–Crippen MR) is 65.9 cm³/mol. The van der Waals surface area contributed by atoms with Gasteiger partial charge in [0.25, 0.3) is 0 Å². The third-order valence-electron chi connectivity index (χ3n) is 3.23. The number of rotatable bonds is 1. The number of nitrogens with zero attached hydrogens (tertiary/aromatic N) is 3. The quantitative estimate of drug-likeness (QED) is 0.723. The van der Waals surface area contributed by atoms with Crippen LogP contribution in [0.2, 0.25) is 0 Å². The molecule has 0 aromatic rings. The molecular weight excluding hydrogens is 238 g/mol. The molecule has 2 amide bonds. The number of hydrogen-bond acceptors (Lipinski definition) is 3. The van der Waals surface area contributed by atoms with Crippen LogP contribution in [0.4, 0.5) is 9.59 Å². The van der Waals surface area contributed by atoms with E-state index in [0.717, 1.165) is 0 Å². The van der Waals surface area contributed by atoms with E-state index in [-0.39, 0.29) is 19.1 Å². The minimum absolute atomic E-state index is 0.230. The van der Waals surface area contributed by atoms with Crippen molar-refractivity contribution in [2.75, 3.05) is 39.3 Å². The van der Waals surface area contributed by atoms with Crippen molar-refractivity contribution in [3.63, 3.8) is 0 Å². The summed E-state index contributed by atoms with van der Waals surface area (Å²) in [5, 5.41) is 18.1. The molecule has 1 rings (SSSR count). The van der Waals surface area contributed by atoms with Crippen LogP contribution < -0.4 is 0 Å². The van der Waals surface area contributed by atoms with Gasteiger partial charge in [-0.3, -0.25) is 4.90 Å². The van der Waals surface area contributed by atoms with Gasteiger partial charge in [0.1, 0.15) is 0 Å². The van der Waals surface area contributed by atoms with Crippen molar-refractivity contribution in [3.8, 4) is 0 Å². The number of amides is 2. The Bertz CT molecular complexity index is 283. The second kappa shape index (κ2) is 6.44. The first-order valence-corrected chi connectivity index (χ1v) is 6.11. The van der Waals surface area contributed by atoms with E-state index in [0.29, 0.717) is 26.2 Å². The van der Waals surface area contributed by atoms with Crippen LogP contribution in [0.5, 0.6) is 0 Å². The highest BCUT2D eigenvalue weighted by atomic mass is 16.4. The van der Waals surface area contributed by atoms with Crippen molar-refractivity contribution >= 4 is 12.2 Å². The summed E-state index contributed by atoms with van der Waals surface area (Å²) >= 11 is 0. The number of hydrogen-bond donors (Lipinski definition) is 2. The zero-order chi connectivity index (χ0) is 13.7. The van der Waals surface area contributed by atoms with Gasteiger partial charge in [-0.2, -0.15) is 0 Å². The van der Waals surface area contributed by atoms with Crippen LogP contribution in [0, 0.1) is 0 Å². The summed E-state index contributed by atoms with van der Waals surface area (Å²) in [6, 6.07) is 0.273. The highest BCUT2D eigenvalue weighted by Gasteiger charge is 2.22. The Hall–Kier alpha value is -1.50. The molecule has 18 heavy (non-hydrogen) atoms. The summed E-state index contributed by atoms with van der Waals surface area (Å²) in [5.74, 6) is 0. The van der Waals surface area contributed by atoms with Gasteiger partial charge in [0.2, 0.25) is 0 Å². The van der Waals surface area contributed by atoms with E-state index in [2.05, 4.69) is 4.90 Å². The first-order valence-electron chi connectivity index (χ1n) is 6.11. The molecule has 1 aliphatic rings. The van der Waals surface area contributed by atoms with Gasteiger partial charge < -0.3 is 20.0 Å². The van der Waals surface area contributed by atoms with Gasteiger partial charge in [0.15, 0.2) is 0 Å². The zero-order valence-electron chi connectivity index (χ0n) is 10.9. The van der Waals surface area contributed by atoms with Crippen molar-refractivity contribution in [1.29, 1.82) is 0 Å². The Balaban J connectivity index is 2.74. The molecule has 1 fully saturated rings. The van der Waals surface area contributed by atoms with Crippen LogP contribution in [-0.4, -0.2) is 82.4 Å². The molecule has 0 aromatic heterocycles.